The fourth-order valence-corrected chi connectivity index (χ4v) is 1.35. The molecule has 0 aliphatic carbocycles. The van der Waals surface area contributed by atoms with Crippen molar-refractivity contribution < 1.29 is 5.21 Å². The van der Waals surface area contributed by atoms with Gasteiger partial charge < -0.3 is 5.21 Å². The molecule has 1 aromatic carbocycles. The molecule has 6 nitrogen and oxygen atoms in total. The molecule has 0 fully saturated rings. The molecule has 2 rings (SSSR count). The lowest BCUT2D eigenvalue weighted by atomic mass is 10.1. The number of nitrogens with zero attached hydrogens (tertiary/aromatic N) is 5. The highest BCUT2D eigenvalue weighted by Gasteiger charge is 2.08. The molecule has 1 N–H and O–H groups in total. The summed E-state index contributed by atoms with van der Waals surface area (Å²) in [4.78, 5) is 0. The van der Waals surface area contributed by atoms with E-state index in [0.717, 1.165) is 5.56 Å². The van der Waals surface area contributed by atoms with Crippen molar-refractivity contribution in [1.82, 2.24) is 20.2 Å². The van der Waals surface area contributed by atoms with Crippen molar-refractivity contribution in [3.63, 3.8) is 0 Å². The second-order valence-corrected chi connectivity index (χ2v) is 3.30. The molecule has 0 radical (unpaired) electrons. The summed E-state index contributed by atoms with van der Waals surface area (Å²) in [6.45, 7) is 2.14. The first-order valence-corrected chi connectivity index (χ1v) is 4.80. The molecule has 0 amide bonds. The molecule has 0 spiro atoms. The lowest BCUT2D eigenvalue weighted by Gasteiger charge is -2.04. The van der Waals surface area contributed by atoms with Gasteiger partial charge in [-0.25, -0.2) is 4.68 Å². The van der Waals surface area contributed by atoms with Gasteiger partial charge in [0.25, 0.3) is 0 Å². The van der Waals surface area contributed by atoms with Crippen LogP contribution in [0.1, 0.15) is 11.4 Å². The Labute approximate surface area is 92.2 Å². The third kappa shape index (κ3) is 2.05. The van der Waals surface area contributed by atoms with Crippen molar-refractivity contribution in [3.8, 4) is 0 Å². The molecule has 0 atom stereocenters. The van der Waals surface area contributed by atoms with Gasteiger partial charge in [0.2, 0.25) is 0 Å². The molecule has 1 heterocycles. The van der Waals surface area contributed by atoms with Crippen LogP contribution in [-0.4, -0.2) is 31.1 Å². The SMILES string of the molecule is Cc1nnnn1C/C(=N\O)c1ccccc1. The van der Waals surface area contributed by atoms with Gasteiger partial charge >= 0.3 is 0 Å². The van der Waals surface area contributed by atoms with Gasteiger partial charge in [-0.15, -0.1) is 5.10 Å². The zero-order chi connectivity index (χ0) is 11.4. The number of hydrogen-bond donors (Lipinski definition) is 1. The molecule has 0 saturated heterocycles. The van der Waals surface area contributed by atoms with Crippen molar-refractivity contribution in [2.75, 3.05) is 0 Å². The van der Waals surface area contributed by atoms with E-state index in [9.17, 15) is 0 Å². The molecule has 0 bridgehead atoms. The molecule has 6 heteroatoms. The number of aromatic nitrogens is 4. The molecule has 82 valence electrons. The Morgan fingerprint density at radius 1 is 1.38 bits per heavy atom. The maximum atomic E-state index is 8.98. The van der Waals surface area contributed by atoms with Gasteiger partial charge in [0.05, 0.1) is 6.54 Å². The van der Waals surface area contributed by atoms with Crippen molar-refractivity contribution in [2.24, 2.45) is 5.16 Å². The minimum atomic E-state index is 0.347. The van der Waals surface area contributed by atoms with Crippen molar-refractivity contribution >= 4 is 5.71 Å². The van der Waals surface area contributed by atoms with Crippen LogP contribution in [0, 0.1) is 6.92 Å². The van der Waals surface area contributed by atoms with Crippen LogP contribution >= 0.6 is 0 Å². The van der Waals surface area contributed by atoms with Gasteiger partial charge in [-0.3, -0.25) is 0 Å². The second-order valence-electron chi connectivity index (χ2n) is 3.30. The van der Waals surface area contributed by atoms with E-state index in [1.165, 1.54) is 0 Å². The molecule has 1 aromatic heterocycles. The number of benzene rings is 1. The number of aryl methyl sites for hydroxylation is 1. The number of oxime groups is 1. The van der Waals surface area contributed by atoms with Crippen LogP contribution in [-0.2, 0) is 6.54 Å². The highest BCUT2D eigenvalue weighted by atomic mass is 16.4. The van der Waals surface area contributed by atoms with Crippen LogP contribution in [0.3, 0.4) is 0 Å². The monoisotopic (exact) mass is 217 g/mol. The van der Waals surface area contributed by atoms with Crippen LogP contribution in [0.2, 0.25) is 0 Å². The Hall–Kier alpha value is -2.24. The van der Waals surface area contributed by atoms with Gasteiger partial charge in [-0.1, -0.05) is 35.5 Å². The summed E-state index contributed by atoms with van der Waals surface area (Å²) < 4.78 is 1.57. The average Bonchev–Trinajstić information content (AvgIpc) is 2.73. The van der Waals surface area contributed by atoms with Gasteiger partial charge in [-0.2, -0.15) is 0 Å². The second kappa shape index (κ2) is 4.52. The lowest BCUT2D eigenvalue weighted by Crippen LogP contribution is -2.14. The fraction of sp³-hybridized carbons (Fsp3) is 0.200. The minimum absolute atomic E-state index is 0.347. The summed E-state index contributed by atoms with van der Waals surface area (Å²) in [6.07, 6.45) is 0. The predicted octanol–water partition coefficient (Wildman–Crippen LogP) is 0.860. The molecular formula is C10H11N5O. The van der Waals surface area contributed by atoms with Crippen molar-refractivity contribution in [3.05, 3.63) is 41.7 Å². The van der Waals surface area contributed by atoms with Crippen LogP contribution in [0.4, 0.5) is 0 Å². The van der Waals surface area contributed by atoms with E-state index < -0.39 is 0 Å². The van der Waals surface area contributed by atoms with Crippen molar-refractivity contribution in [1.29, 1.82) is 0 Å². The fourth-order valence-electron chi connectivity index (χ4n) is 1.35. The summed E-state index contributed by atoms with van der Waals surface area (Å²) >= 11 is 0. The first kappa shape index (κ1) is 10.3. The Kier molecular flexibility index (Phi) is 2.90. The maximum Gasteiger partial charge on any atom is 0.148 e. The van der Waals surface area contributed by atoms with Crippen molar-refractivity contribution in [2.45, 2.75) is 13.5 Å². The quantitative estimate of drug-likeness (QED) is 0.470. The third-order valence-corrected chi connectivity index (χ3v) is 2.24. The minimum Gasteiger partial charge on any atom is -0.411 e. The summed E-state index contributed by atoms with van der Waals surface area (Å²) in [5.41, 5.74) is 1.37. The Morgan fingerprint density at radius 3 is 2.69 bits per heavy atom. The molecule has 2 aromatic rings. The number of hydrogen-bond acceptors (Lipinski definition) is 5. The molecular weight excluding hydrogens is 206 g/mol. The summed E-state index contributed by atoms with van der Waals surface area (Å²) in [7, 11) is 0. The summed E-state index contributed by atoms with van der Waals surface area (Å²) in [5, 5.41) is 23.3. The molecule has 16 heavy (non-hydrogen) atoms. The number of tetrazole rings is 1. The van der Waals surface area contributed by atoms with E-state index in [1.54, 1.807) is 11.6 Å². The van der Waals surface area contributed by atoms with Crippen LogP contribution in [0.25, 0.3) is 0 Å². The zero-order valence-corrected chi connectivity index (χ0v) is 8.78. The molecule has 0 aliphatic rings. The Bertz CT molecular complexity index is 491. The summed E-state index contributed by atoms with van der Waals surface area (Å²) in [5.74, 6) is 0.678. The molecule has 0 aliphatic heterocycles. The van der Waals surface area contributed by atoms with E-state index in [4.69, 9.17) is 5.21 Å². The highest BCUT2D eigenvalue weighted by Crippen LogP contribution is 2.03. The van der Waals surface area contributed by atoms with Crippen LogP contribution < -0.4 is 0 Å². The molecule has 0 saturated carbocycles. The molecule has 0 unspecified atom stereocenters. The smallest absolute Gasteiger partial charge is 0.148 e. The summed E-state index contributed by atoms with van der Waals surface area (Å²) in [6, 6.07) is 9.41. The van der Waals surface area contributed by atoms with E-state index in [0.29, 0.717) is 18.1 Å². The van der Waals surface area contributed by atoms with Crippen LogP contribution in [0.5, 0.6) is 0 Å². The van der Waals surface area contributed by atoms with E-state index in [1.807, 2.05) is 30.3 Å². The predicted molar refractivity (Wildman–Crippen MR) is 57.3 cm³/mol. The normalized spacial score (nSPS) is 11.7. The van der Waals surface area contributed by atoms with E-state index >= 15 is 0 Å². The highest BCUT2D eigenvalue weighted by molar-refractivity contribution is 5.99. The topological polar surface area (TPSA) is 76.2 Å². The lowest BCUT2D eigenvalue weighted by molar-refractivity contribution is 0.317. The first-order chi connectivity index (χ1) is 7.81. The van der Waals surface area contributed by atoms with Gasteiger partial charge in [0.1, 0.15) is 11.5 Å². The first-order valence-electron chi connectivity index (χ1n) is 4.80. The van der Waals surface area contributed by atoms with Gasteiger partial charge in [0, 0.05) is 5.56 Å². The zero-order valence-electron chi connectivity index (χ0n) is 8.78. The van der Waals surface area contributed by atoms with E-state index in [-0.39, 0.29) is 0 Å². The van der Waals surface area contributed by atoms with Gasteiger partial charge in [0.15, 0.2) is 0 Å². The van der Waals surface area contributed by atoms with Crippen LogP contribution in [0.15, 0.2) is 35.5 Å². The Morgan fingerprint density at radius 2 is 2.12 bits per heavy atom. The number of rotatable bonds is 3. The Balaban J connectivity index is 2.24. The average molecular weight is 217 g/mol. The van der Waals surface area contributed by atoms with E-state index in [2.05, 4.69) is 20.7 Å². The van der Waals surface area contributed by atoms with Gasteiger partial charge in [-0.05, 0) is 17.4 Å². The third-order valence-electron chi connectivity index (χ3n) is 2.24. The largest absolute Gasteiger partial charge is 0.411 e. The maximum absolute atomic E-state index is 8.98. The standard InChI is InChI=1S/C10H11N5O/c1-8-11-13-14-15(8)7-10(12-16)9-5-3-2-4-6-9/h2-6,16H,7H2,1H3/b12-10+.